The molecule has 5 rings (SSSR count). The number of rotatable bonds is 11. The zero-order chi connectivity index (χ0) is 31.1. The van der Waals surface area contributed by atoms with Crippen LogP contribution in [-0.2, 0) is 29.1 Å². The summed E-state index contributed by atoms with van der Waals surface area (Å²) in [4.78, 5) is 61.8. The summed E-state index contributed by atoms with van der Waals surface area (Å²) in [7, 11) is 1.69. The minimum absolute atomic E-state index is 0.212. The van der Waals surface area contributed by atoms with Crippen molar-refractivity contribution in [2.24, 2.45) is 0 Å². The molecule has 2 atom stereocenters. The maximum atomic E-state index is 13.9. The molecule has 3 aromatic carbocycles. The Morgan fingerprint density at radius 1 is 1.00 bits per heavy atom. The van der Waals surface area contributed by atoms with Gasteiger partial charge in [-0.1, -0.05) is 66.7 Å². The molecule has 226 valence electrons. The predicted octanol–water partition coefficient (Wildman–Crippen LogP) is 3.63. The smallest absolute Gasteiger partial charge is 0.253 e. The van der Waals surface area contributed by atoms with Gasteiger partial charge in [0.15, 0.2) is 5.78 Å². The fourth-order valence-corrected chi connectivity index (χ4v) is 5.84. The average molecular weight is 610 g/mol. The topological polar surface area (TPSA) is 112 Å². The van der Waals surface area contributed by atoms with Crippen LogP contribution in [0.25, 0.3) is 0 Å². The molecule has 2 N–H and O–H groups in total. The molecule has 0 bridgehead atoms. The summed E-state index contributed by atoms with van der Waals surface area (Å²) in [5.41, 5.74) is 3.21. The first-order valence-electron chi connectivity index (χ1n) is 14.5. The van der Waals surface area contributed by atoms with Gasteiger partial charge in [-0.15, -0.1) is 11.3 Å². The van der Waals surface area contributed by atoms with Crippen LogP contribution in [0, 0.1) is 6.92 Å². The number of nitrogens with one attached hydrogen (secondary N) is 2. The van der Waals surface area contributed by atoms with Crippen molar-refractivity contribution in [3.05, 3.63) is 123 Å². The Labute approximate surface area is 260 Å². The monoisotopic (exact) mass is 609 g/mol. The van der Waals surface area contributed by atoms with Crippen LogP contribution in [-0.4, -0.2) is 70.5 Å². The standard InChI is InChI=1S/C34H35N5O4S/c1-23-36-28(22-44-23)21-38(2)33(42)27-15-9-14-26(19-27)32(41)37-29(18-24-10-5-3-6-11-24)31(40)30-34(43)39(17-16-35-30)20-25-12-7-4-8-13-25/h3-15,19,22,29-30,35H,16-18,20-21H2,1-2H3,(H,37,41)/t29-,30?/m0/s1. The first-order chi connectivity index (χ1) is 21.3. The largest absolute Gasteiger partial charge is 0.342 e. The SMILES string of the molecule is Cc1nc(CN(C)C(=O)c2cccc(C(=O)N[C@@H](Cc3ccccc3)C(=O)C3NCCN(Cc4ccccc4)C3=O)c2)cs1. The van der Waals surface area contributed by atoms with Gasteiger partial charge in [0.1, 0.15) is 6.04 Å². The van der Waals surface area contributed by atoms with E-state index < -0.39 is 23.8 Å². The molecule has 1 saturated heterocycles. The minimum atomic E-state index is -1.09. The Kier molecular flexibility index (Phi) is 9.93. The van der Waals surface area contributed by atoms with Gasteiger partial charge in [-0.2, -0.15) is 0 Å². The first-order valence-corrected chi connectivity index (χ1v) is 15.4. The fourth-order valence-electron chi connectivity index (χ4n) is 5.23. The number of amides is 3. The Bertz CT molecular complexity index is 1620. The van der Waals surface area contributed by atoms with Gasteiger partial charge < -0.3 is 15.1 Å². The van der Waals surface area contributed by atoms with Gasteiger partial charge in [-0.05, 0) is 42.7 Å². The molecule has 1 unspecified atom stereocenters. The van der Waals surface area contributed by atoms with Crippen molar-refractivity contribution in [3.63, 3.8) is 0 Å². The van der Waals surface area contributed by atoms with E-state index in [1.807, 2.05) is 73.0 Å². The zero-order valence-electron chi connectivity index (χ0n) is 24.7. The van der Waals surface area contributed by atoms with Gasteiger partial charge in [0.2, 0.25) is 5.91 Å². The normalized spacial score (nSPS) is 15.5. The number of thiazole rings is 1. The van der Waals surface area contributed by atoms with Crippen LogP contribution in [0.2, 0.25) is 0 Å². The van der Waals surface area contributed by atoms with E-state index in [9.17, 15) is 19.2 Å². The van der Waals surface area contributed by atoms with Gasteiger partial charge >= 0.3 is 0 Å². The number of Topliss-reactive ketones (excluding diaryl/α,β-unsaturated/α-hetero) is 1. The maximum absolute atomic E-state index is 13.9. The number of hydrogen-bond acceptors (Lipinski definition) is 7. The van der Waals surface area contributed by atoms with Crippen molar-refractivity contribution in [1.29, 1.82) is 0 Å². The van der Waals surface area contributed by atoms with Crippen LogP contribution >= 0.6 is 11.3 Å². The lowest BCUT2D eigenvalue weighted by molar-refractivity contribution is -0.142. The molecule has 3 amide bonds. The zero-order valence-corrected chi connectivity index (χ0v) is 25.5. The Hall–Kier alpha value is -4.67. The highest BCUT2D eigenvalue weighted by Crippen LogP contribution is 2.16. The van der Waals surface area contributed by atoms with Crippen LogP contribution in [0.3, 0.4) is 0 Å². The van der Waals surface area contributed by atoms with Crippen LogP contribution < -0.4 is 10.6 Å². The quantitative estimate of drug-likeness (QED) is 0.251. The maximum Gasteiger partial charge on any atom is 0.253 e. The van der Waals surface area contributed by atoms with Crippen LogP contribution in [0.1, 0.15) is 42.5 Å². The van der Waals surface area contributed by atoms with E-state index in [0.29, 0.717) is 31.7 Å². The predicted molar refractivity (Wildman–Crippen MR) is 169 cm³/mol. The third-order valence-electron chi connectivity index (χ3n) is 7.51. The molecule has 9 nitrogen and oxygen atoms in total. The lowest BCUT2D eigenvalue weighted by Gasteiger charge is -2.34. The van der Waals surface area contributed by atoms with E-state index in [0.717, 1.165) is 21.8 Å². The molecule has 10 heteroatoms. The van der Waals surface area contributed by atoms with Crippen LogP contribution in [0.15, 0.2) is 90.3 Å². The molecule has 0 spiro atoms. The van der Waals surface area contributed by atoms with Crippen molar-refractivity contribution in [3.8, 4) is 0 Å². The van der Waals surface area contributed by atoms with Gasteiger partial charge in [-0.3, -0.25) is 24.5 Å². The minimum Gasteiger partial charge on any atom is -0.342 e. The second-order valence-electron chi connectivity index (χ2n) is 10.9. The van der Waals surface area contributed by atoms with Gasteiger partial charge in [0.25, 0.3) is 11.8 Å². The van der Waals surface area contributed by atoms with E-state index in [1.54, 1.807) is 35.0 Å². The highest BCUT2D eigenvalue weighted by atomic mass is 32.1. The Morgan fingerprint density at radius 2 is 1.68 bits per heavy atom. The molecule has 1 aliphatic heterocycles. The molecule has 2 heterocycles. The number of piperazine rings is 1. The molecular formula is C34H35N5O4S. The van der Waals surface area contributed by atoms with E-state index in [4.69, 9.17) is 0 Å². The van der Waals surface area contributed by atoms with Gasteiger partial charge in [0.05, 0.1) is 23.3 Å². The summed E-state index contributed by atoms with van der Waals surface area (Å²) < 4.78 is 0. The highest BCUT2D eigenvalue weighted by molar-refractivity contribution is 7.09. The summed E-state index contributed by atoms with van der Waals surface area (Å²) in [6.07, 6.45) is 0.212. The Balaban J connectivity index is 1.32. The third-order valence-corrected chi connectivity index (χ3v) is 8.33. The number of carbonyl (C=O) groups is 4. The molecule has 0 saturated carbocycles. The number of benzene rings is 3. The Morgan fingerprint density at radius 3 is 2.36 bits per heavy atom. The number of ketones is 1. The molecule has 1 fully saturated rings. The fraction of sp³-hybridized carbons (Fsp3) is 0.265. The molecule has 1 aromatic heterocycles. The number of hydrogen-bond donors (Lipinski definition) is 2. The molecule has 4 aromatic rings. The summed E-state index contributed by atoms with van der Waals surface area (Å²) in [6, 6.07) is 23.4. The number of aromatic nitrogens is 1. The summed E-state index contributed by atoms with van der Waals surface area (Å²) in [5.74, 6) is -1.48. The summed E-state index contributed by atoms with van der Waals surface area (Å²) >= 11 is 1.52. The van der Waals surface area contributed by atoms with Crippen molar-refractivity contribution < 1.29 is 19.2 Å². The molecule has 0 radical (unpaired) electrons. The molecule has 0 aliphatic carbocycles. The van der Waals surface area contributed by atoms with Crippen LogP contribution in [0.5, 0.6) is 0 Å². The second-order valence-corrected chi connectivity index (χ2v) is 11.9. The molecule has 1 aliphatic rings. The first kappa shape index (κ1) is 30.8. The van der Waals surface area contributed by atoms with E-state index in [2.05, 4.69) is 15.6 Å². The number of carbonyl (C=O) groups excluding carboxylic acids is 4. The highest BCUT2D eigenvalue weighted by Gasteiger charge is 2.38. The van der Waals surface area contributed by atoms with E-state index in [1.165, 1.54) is 17.4 Å². The lowest BCUT2D eigenvalue weighted by atomic mass is 9.95. The van der Waals surface area contributed by atoms with Crippen molar-refractivity contribution in [2.75, 3.05) is 20.1 Å². The molecule has 44 heavy (non-hydrogen) atoms. The van der Waals surface area contributed by atoms with Crippen molar-refractivity contribution in [1.82, 2.24) is 25.4 Å². The van der Waals surface area contributed by atoms with E-state index in [-0.39, 0.29) is 23.8 Å². The van der Waals surface area contributed by atoms with Crippen LogP contribution in [0.4, 0.5) is 0 Å². The second kappa shape index (κ2) is 14.2. The summed E-state index contributed by atoms with van der Waals surface area (Å²) in [5, 5.41) is 8.78. The average Bonchev–Trinajstić information content (AvgIpc) is 3.46. The van der Waals surface area contributed by atoms with Gasteiger partial charge in [0, 0.05) is 43.2 Å². The third kappa shape index (κ3) is 7.64. The number of nitrogens with zero attached hydrogens (tertiary/aromatic N) is 3. The van der Waals surface area contributed by atoms with Crippen molar-refractivity contribution in [2.45, 2.75) is 38.5 Å². The lowest BCUT2D eigenvalue weighted by Crippen LogP contribution is -2.62. The van der Waals surface area contributed by atoms with Gasteiger partial charge in [-0.25, -0.2) is 4.98 Å². The van der Waals surface area contributed by atoms with Crippen molar-refractivity contribution >= 4 is 34.8 Å². The van der Waals surface area contributed by atoms with E-state index >= 15 is 0 Å². The number of aryl methyl sites for hydroxylation is 1. The summed E-state index contributed by atoms with van der Waals surface area (Å²) in [6.45, 7) is 3.59. The molecular weight excluding hydrogens is 574 g/mol.